The SMILES string of the molecule is CCOC(=O)NN(Cc1ccc(C2CCCCC2)cc1)C(=O)OCC. The Kier molecular flexibility index (Phi) is 7.57. The largest absolute Gasteiger partial charge is 0.449 e. The zero-order valence-electron chi connectivity index (χ0n) is 15.1. The number of carbonyl (C=O) groups is 2. The van der Waals surface area contributed by atoms with E-state index in [0.717, 1.165) is 10.6 Å². The molecule has 1 aliphatic carbocycles. The van der Waals surface area contributed by atoms with E-state index in [1.54, 1.807) is 13.8 Å². The molecule has 2 rings (SSSR count). The molecule has 1 saturated carbocycles. The average Bonchev–Trinajstić information content (AvgIpc) is 2.63. The monoisotopic (exact) mass is 348 g/mol. The van der Waals surface area contributed by atoms with Crippen molar-refractivity contribution in [2.75, 3.05) is 13.2 Å². The standard InChI is InChI=1S/C19H28N2O4/c1-3-24-18(22)20-21(19(23)25-4-2)14-15-10-12-17(13-11-15)16-8-6-5-7-9-16/h10-13,16H,3-9,14H2,1-2H3,(H,20,22). The molecule has 0 atom stereocenters. The fourth-order valence-electron chi connectivity index (χ4n) is 3.14. The number of hydrogen-bond donors (Lipinski definition) is 1. The van der Waals surface area contributed by atoms with E-state index < -0.39 is 12.2 Å². The Bertz CT molecular complexity index is 553. The van der Waals surface area contributed by atoms with Crippen molar-refractivity contribution in [1.82, 2.24) is 10.4 Å². The third-order valence-corrected chi connectivity index (χ3v) is 4.39. The Hall–Kier alpha value is -2.24. The topological polar surface area (TPSA) is 67.9 Å². The van der Waals surface area contributed by atoms with Crippen LogP contribution in [0, 0.1) is 0 Å². The Morgan fingerprint density at radius 2 is 1.68 bits per heavy atom. The number of amides is 2. The summed E-state index contributed by atoms with van der Waals surface area (Å²) in [7, 11) is 0. The molecule has 0 heterocycles. The van der Waals surface area contributed by atoms with Gasteiger partial charge in [0.15, 0.2) is 0 Å². The highest BCUT2D eigenvalue weighted by Gasteiger charge is 2.19. The van der Waals surface area contributed by atoms with Crippen molar-refractivity contribution in [1.29, 1.82) is 0 Å². The fraction of sp³-hybridized carbons (Fsp3) is 0.579. The fourth-order valence-corrected chi connectivity index (χ4v) is 3.14. The average molecular weight is 348 g/mol. The molecule has 0 aliphatic heterocycles. The van der Waals surface area contributed by atoms with Gasteiger partial charge < -0.3 is 9.47 Å². The number of nitrogens with one attached hydrogen (secondary N) is 1. The van der Waals surface area contributed by atoms with E-state index in [0.29, 0.717) is 5.92 Å². The van der Waals surface area contributed by atoms with E-state index in [1.807, 2.05) is 12.1 Å². The lowest BCUT2D eigenvalue weighted by atomic mass is 9.84. The van der Waals surface area contributed by atoms with Gasteiger partial charge in [0.1, 0.15) is 0 Å². The lowest BCUT2D eigenvalue weighted by Crippen LogP contribution is -2.46. The summed E-state index contributed by atoms with van der Waals surface area (Å²) in [5, 5.41) is 1.14. The predicted octanol–water partition coefficient (Wildman–Crippen LogP) is 4.35. The molecule has 6 heteroatoms. The van der Waals surface area contributed by atoms with Crippen LogP contribution in [0.2, 0.25) is 0 Å². The van der Waals surface area contributed by atoms with Gasteiger partial charge in [-0.2, -0.15) is 0 Å². The van der Waals surface area contributed by atoms with Crippen LogP contribution >= 0.6 is 0 Å². The van der Waals surface area contributed by atoms with Crippen LogP contribution in [0.3, 0.4) is 0 Å². The second-order valence-electron chi connectivity index (χ2n) is 6.19. The minimum Gasteiger partial charge on any atom is -0.449 e. The first-order valence-electron chi connectivity index (χ1n) is 9.10. The van der Waals surface area contributed by atoms with E-state index in [-0.39, 0.29) is 19.8 Å². The number of carbonyl (C=O) groups excluding carboxylic acids is 2. The first-order valence-corrected chi connectivity index (χ1v) is 9.10. The van der Waals surface area contributed by atoms with Gasteiger partial charge in [-0.3, -0.25) is 0 Å². The van der Waals surface area contributed by atoms with E-state index in [2.05, 4.69) is 17.6 Å². The van der Waals surface area contributed by atoms with Crippen molar-refractivity contribution in [2.24, 2.45) is 0 Å². The highest BCUT2D eigenvalue weighted by atomic mass is 16.6. The quantitative estimate of drug-likeness (QED) is 0.803. The number of ether oxygens (including phenoxy) is 2. The van der Waals surface area contributed by atoms with Crippen molar-refractivity contribution in [3.05, 3.63) is 35.4 Å². The summed E-state index contributed by atoms with van der Waals surface area (Å²) in [5.41, 5.74) is 4.70. The third kappa shape index (κ3) is 5.96. The number of nitrogens with zero attached hydrogens (tertiary/aromatic N) is 1. The van der Waals surface area contributed by atoms with Gasteiger partial charge in [-0.05, 0) is 43.7 Å². The zero-order chi connectivity index (χ0) is 18.1. The minimum absolute atomic E-state index is 0.225. The van der Waals surface area contributed by atoms with Gasteiger partial charge in [0, 0.05) is 0 Å². The minimum atomic E-state index is -0.672. The van der Waals surface area contributed by atoms with E-state index in [9.17, 15) is 9.59 Å². The molecule has 6 nitrogen and oxygen atoms in total. The first kappa shape index (κ1) is 19.1. The van der Waals surface area contributed by atoms with Gasteiger partial charge in [0.2, 0.25) is 0 Å². The second kappa shape index (κ2) is 9.91. The number of rotatable bonds is 5. The highest BCUT2D eigenvalue weighted by Crippen LogP contribution is 2.32. The summed E-state index contributed by atoms with van der Waals surface area (Å²) in [6, 6.07) is 8.25. The molecular weight excluding hydrogens is 320 g/mol. The summed E-state index contributed by atoms with van der Waals surface area (Å²) < 4.78 is 9.83. The van der Waals surface area contributed by atoms with Gasteiger partial charge in [-0.1, -0.05) is 43.5 Å². The summed E-state index contributed by atoms with van der Waals surface area (Å²) in [6.07, 6.45) is 5.15. The Balaban J connectivity index is 2.01. The van der Waals surface area contributed by atoms with Crippen LogP contribution in [0.25, 0.3) is 0 Å². The van der Waals surface area contributed by atoms with Crippen LogP contribution < -0.4 is 5.43 Å². The molecule has 0 unspecified atom stereocenters. The Labute approximate surface area is 149 Å². The predicted molar refractivity (Wildman–Crippen MR) is 95.0 cm³/mol. The second-order valence-corrected chi connectivity index (χ2v) is 6.19. The van der Waals surface area contributed by atoms with Crippen LogP contribution in [-0.4, -0.2) is 30.4 Å². The summed E-state index contributed by atoms with van der Waals surface area (Å²) in [5.74, 6) is 0.640. The van der Waals surface area contributed by atoms with Crippen LogP contribution in [0.5, 0.6) is 0 Å². The van der Waals surface area contributed by atoms with Crippen molar-refractivity contribution in [2.45, 2.75) is 58.4 Å². The maximum absolute atomic E-state index is 12.0. The summed E-state index contributed by atoms with van der Waals surface area (Å²) >= 11 is 0. The van der Waals surface area contributed by atoms with E-state index >= 15 is 0 Å². The Morgan fingerprint density at radius 1 is 1.04 bits per heavy atom. The molecule has 1 N–H and O–H groups in total. The number of hydrogen-bond acceptors (Lipinski definition) is 4. The van der Waals surface area contributed by atoms with E-state index in [4.69, 9.17) is 9.47 Å². The van der Waals surface area contributed by atoms with Crippen molar-refractivity contribution in [3.63, 3.8) is 0 Å². The summed E-state index contributed by atoms with van der Waals surface area (Å²) in [4.78, 5) is 23.7. The molecule has 25 heavy (non-hydrogen) atoms. The molecule has 138 valence electrons. The lowest BCUT2D eigenvalue weighted by Gasteiger charge is -2.24. The molecule has 0 saturated heterocycles. The molecule has 0 radical (unpaired) electrons. The van der Waals surface area contributed by atoms with Gasteiger partial charge in [0.05, 0.1) is 19.8 Å². The highest BCUT2D eigenvalue weighted by molar-refractivity contribution is 5.73. The molecule has 0 aromatic heterocycles. The zero-order valence-corrected chi connectivity index (χ0v) is 15.1. The molecule has 0 spiro atoms. The van der Waals surface area contributed by atoms with Crippen LogP contribution in [0.15, 0.2) is 24.3 Å². The van der Waals surface area contributed by atoms with Gasteiger partial charge in [0.25, 0.3) is 0 Å². The van der Waals surface area contributed by atoms with Crippen molar-refractivity contribution < 1.29 is 19.1 Å². The first-order chi connectivity index (χ1) is 12.1. The van der Waals surface area contributed by atoms with Gasteiger partial charge >= 0.3 is 12.2 Å². The van der Waals surface area contributed by atoms with Crippen LogP contribution in [0.1, 0.15) is 63.0 Å². The molecular formula is C19H28N2O4. The molecule has 1 aromatic rings. The molecule has 1 aliphatic rings. The molecule has 1 fully saturated rings. The molecule has 0 bridgehead atoms. The van der Waals surface area contributed by atoms with E-state index in [1.165, 1.54) is 37.7 Å². The smallest absolute Gasteiger partial charge is 0.429 e. The third-order valence-electron chi connectivity index (χ3n) is 4.39. The lowest BCUT2D eigenvalue weighted by molar-refractivity contribution is 0.0711. The maximum Gasteiger partial charge on any atom is 0.429 e. The number of benzene rings is 1. The van der Waals surface area contributed by atoms with Crippen LogP contribution in [-0.2, 0) is 16.0 Å². The summed E-state index contributed by atoms with van der Waals surface area (Å²) in [6.45, 7) is 4.12. The maximum atomic E-state index is 12.0. The molecule has 1 aromatic carbocycles. The van der Waals surface area contributed by atoms with Crippen molar-refractivity contribution >= 4 is 12.2 Å². The normalized spacial score (nSPS) is 14.6. The Morgan fingerprint density at radius 3 is 2.28 bits per heavy atom. The van der Waals surface area contributed by atoms with Crippen LogP contribution in [0.4, 0.5) is 9.59 Å². The van der Waals surface area contributed by atoms with Gasteiger partial charge in [-0.25, -0.2) is 20.0 Å². The van der Waals surface area contributed by atoms with Crippen molar-refractivity contribution in [3.8, 4) is 0 Å². The number of hydrazine groups is 1. The van der Waals surface area contributed by atoms with Gasteiger partial charge in [-0.15, -0.1) is 0 Å². The molecule has 2 amide bonds.